The molecule has 1 aliphatic heterocycles. The molecule has 6 nitrogen and oxygen atoms in total. The smallest absolute Gasteiger partial charge is 0.273 e. The Balaban J connectivity index is 2.32. The van der Waals surface area contributed by atoms with Gasteiger partial charge in [0.25, 0.3) is 0 Å². The normalized spacial score (nSPS) is 18.1. The Kier molecular flexibility index (Phi) is 6.94. The van der Waals surface area contributed by atoms with Gasteiger partial charge in [-0.1, -0.05) is 42.6 Å². The number of carbonyl (C=O) groups is 3. The number of urea groups is 1. The van der Waals surface area contributed by atoms with Crippen LogP contribution in [0.1, 0.15) is 19.8 Å². The van der Waals surface area contributed by atoms with Gasteiger partial charge in [-0.15, -0.1) is 6.58 Å². The quantitative estimate of drug-likeness (QED) is 0.396. The number of benzene rings is 1. The van der Waals surface area contributed by atoms with Crippen molar-refractivity contribution in [1.29, 1.82) is 0 Å². The third-order valence-corrected chi connectivity index (χ3v) is 4.38. The van der Waals surface area contributed by atoms with Gasteiger partial charge in [0.15, 0.2) is 5.92 Å². The molecule has 0 radical (unpaired) electrons. The number of barbiturate groups is 1. The van der Waals surface area contributed by atoms with Gasteiger partial charge in [0.1, 0.15) is 0 Å². The summed E-state index contributed by atoms with van der Waals surface area (Å²) >= 11 is 11.9. The summed E-state index contributed by atoms with van der Waals surface area (Å²) in [6.45, 7) is 5.79. The first-order chi connectivity index (χ1) is 12.4. The summed E-state index contributed by atoms with van der Waals surface area (Å²) in [5, 5.41) is 0.749. The fraction of sp³-hybridized carbons (Fsp3) is 0.333. The summed E-state index contributed by atoms with van der Waals surface area (Å²) in [6.07, 6.45) is 4.13. The van der Waals surface area contributed by atoms with Crippen LogP contribution in [0.3, 0.4) is 0 Å². The molecule has 4 amide bonds. The van der Waals surface area contributed by atoms with Gasteiger partial charge in [-0.25, -0.2) is 4.79 Å². The van der Waals surface area contributed by atoms with Gasteiger partial charge in [0.2, 0.25) is 11.8 Å². The van der Waals surface area contributed by atoms with Crippen molar-refractivity contribution in [2.45, 2.75) is 19.8 Å². The maximum Gasteiger partial charge on any atom is 0.333 e. The summed E-state index contributed by atoms with van der Waals surface area (Å²) < 4.78 is 0. The minimum Gasteiger partial charge on any atom is -0.273 e. The summed E-state index contributed by atoms with van der Waals surface area (Å²) in [5.74, 6) is -2.39. The highest BCUT2D eigenvalue weighted by Gasteiger charge is 2.44. The van der Waals surface area contributed by atoms with E-state index in [9.17, 15) is 14.4 Å². The number of rotatable bonds is 7. The second-order valence-corrected chi connectivity index (χ2v) is 6.56. The average molecular weight is 396 g/mol. The van der Waals surface area contributed by atoms with E-state index in [1.807, 2.05) is 6.92 Å². The first-order valence-electron chi connectivity index (χ1n) is 8.17. The van der Waals surface area contributed by atoms with Crippen molar-refractivity contribution >= 4 is 52.9 Å². The van der Waals surface area contributed by atoms with E-state index in [0.29, 0.717) is 22.2 Å². The fourth-order valence-corrected chi connectivity index (χ4v) is 2.92. The number of amides is 4. The Morgan fingerprint density at radius 2 is 1.88 bits per heavy atom. The zero-order valence-corrected chi connectivity index (χ0v) is 15.8. The molecule has 1 saturated heterocycles. The number of imide groups is 2. The molecule has 0 spiro atoms. The largest absolute Gasteiger partial charge is 0.333 e. The van der Waals surface area contributed by atoms with Crippen LogP contribution in [-0.4, -0.2) is 46.9 Å². The number of hydrogen-bond acceptors (Lipinski definition) is 4. The van der Waals surface area contributed by atoms with Crippen LogP contribution in [0, 0.1) is 5.92 Å². The van der Waals surface area contributed by atoms with Crippen LogP contribution in [0.2, 0.25) is 10.0 Å². The lowest BCUT2D eigenvalue weighted by Gasteiger charge is -2.35. The third-order valence-electron chi connectivity index (χ3n) is 3.85. The summed E-state index contributed by atoms with van der Waals surface area (Å²) in [7, 11) is 0. The van der Waals surface area contributed by atoms with Crippen molar-refractivity contribution < 1.29 is 14.4 Å². The Labute approximate surface area is 162 Å². The number of nitrogens with zero attached hydrogens (tertiary/aromatic N) is 3. The third kappa shape index (κ3) is 4.31. The van der Waals surface area contributed by atoms with Crippen LogP contribution < -0.4 is 0 Å². The molecule has 1 unspecified atom stereocenters. The van der Waals surface area contributed by atoms with Crippen LogP contribution in [0.15, 0.2) is 35.8 Å². The molecule has 8 heteroatoms. The summed E-state index contributed by atoms with van der Waals surface area (Å²) in [6, 6.07) is 4.08. The first kappa shape index (κ1) is 20.1. The first-order valence-corrected chi connectivity index (χ1v) is 8.93. The molecule has 0 aliphatic carbocycles. The van der Waals surface area contributed by atoms with Crippen molar-refractivity contribution in [1.82, 2.24) is 9.80 Å². The van der Waals surface area contributed by atoms with Crippen molar-refractivity contribution in [3.05, 3.63) is 40.9 Å². The topological polar surface area (TPSA) is 70.1 Å². The van der Waals surface area contributed by atoms with Crippen LogP contribution in [0.5, 0.6) is 0 Å². The van der Waals surface area contributed by atoms with Crippen molar-refractivity contribution in [2.75, 3.05) is 13.1 Å². The van der Waals surface area contributed by atoms with Gasteiger partial charge in [-0.2, -0.15) is 0 Å². The van der Waals surface area contributed by atoms with Gasteiger partial charge in [-0.3, -0.25) is 24.4 Å². The van der Waals surface area contributed by atoms with Crippen LogP contribution in [-0.2, 0) is 9.59 Å². The van der Waals surface area contributed by atoms with Gasteiger partial charge in [-0.05, 0) is 24.6 Å². The highest BCUT2D eigenvalue weighted by Crippen LogP contribution is 2.28. The second kappa shape index (κ2) is 8.96. The van der Waals surface area contributed by atoms with Crippen molar-refractivity contribution in [3.63, 3.8) is 0 Å². The lowest BCUT2D eigenvalue weighted by Crippen LogP contribution is -2.60. The maximum atomic E-state index is 12.6. The highest BCUT2D eigenvalue weighted by molar-refractivity contribution is 6.36. The van der Waals surface area contributed by atoms with E-state index in [2.05, 4.69) is 11.6 Å². The standard InChI is InChI=1S/C18H19Cl2N3O3/c1-3-5-9-23-17(25)13(16(24)22(8-4-2)18(23)26)11-21-15-7-6-12(19)10-14(15)20/h4,6-7,10-11,13H,2-3,5,8-9H2,1H3. The molecule has 0 aromatic heterocycles. The molecular weight excluding hydrogens is 377 g/mol. The molecule has 26 heavy (non-hydrogen) atoms. The lowest BCUT2D eigenvalue weighted by atomic mass is 10.0. The van der Waals surface area contributed by atoms with E-state index < -0.39 is 23.8 Å². The second-order valence-electron chi connectivity index (χ2n) is 5.72. The molecular formula is C18H19Cl2N3O3. The molecule has 1 atom stereocenters. The van der Waals surface area contributed by atoms with E-state index in [-0.39, 0.29) is 13.1 Å². The van der Waals surface area contributed by atoms with Gasteiger partial charge in [0, 0.05) is 24.3 Å². The number of unbranched alkanes of at least 4 members (excludes halogenated alkanes) is 1. The molecule has 1 aliphatic rings. The van der Waals surface area contributed by atoms with Crippen molar-refractivity contribution in [3.8, 4) is 0 Å². The van der Waals surface area contributed by atoms with Gasteiger partial charge in [0.05, 0.1) is 10.7 Å². The Hall–Kier alpha value is -2.18. The predicted octanol–water partition coefficient (Wildman–Crippen LogP) is 4.09. The zero-order chi connectivity index (χ0) is 19.3. The van der Waals surface area contributed by atoms with E-state index >= 15 is 0 Å². The van der Waals surface area contributed by atoms with Crippen LogP contribution in [0.4, 0.5) is 10.5 Å². The van der Waals surface area contributed by atoms with Gasteiger partial charge >= 0.3 is 6.03 Å². The van der Waals surface area contributed by atoms with E-state index in [4.69, 9.17) is 23.2 Å². The van der Waals surface area contributed by atoms with Crippen LogP contribution in [0.25, 0.3) is 0 Å². The SMILES string of the molecule is C=CCN1C(=O)C(C=Nc2ccc(Cl)cc2Cl)C(=O)N(CCCC)C1=O. The Morgan fingerprint density at radius 1 is 1.19 bits per heavy atom. The summed E-state index contributed by atoms with van der Waals surface area (Å²) in [5.41, 5.74) is 0.379. The maximum absolute atomic E-state index is 12.6. The number of carbonyl (C=O) groups excluding carboxylic acids is 3. The number of hydrogen-bond donors (Lipinski definition) is 0. The van der Waals surface area contributed by atoms with Gasteiger partial charge < -0.3 is 0 Å². The average Bonchev–Trinajstić information content (AvgIpc) is 2.60. The molecule has 2 rings (SSSR count). The minimum atomic E-state index is -1.18. The Morgan fingerprint density at radius 3 is 2.50 bits per heavy atom. The monoisotopic (exact) mass is 395 g/mol. The fourth-order valence-electron chi connectivity index (χ4n) is 2.46. The highest BCUT2D eigenvalue weighted by atomic mass is 35.5. The molecule has 1 aromatic rings. The molecule has 1 heterocycles. The molecule has 0 bridgehead atoms. The lowest BCUT2D eigenvalue weighted by molar-refractivity contribution is -0.145. The molecule has 1 aromatic carbocycles. The van der Waals surface area contributed by atoms with Crippen molar-refractivity contribution in [2.24, 2.45) is 10.9 Å². The van der Waals surface area contributed by atoms with E-state index in [0.717, 1.165) is 16.2 Å². The molecule has 0 saturated carbocycles. The number of halogens is 2. The Bertz CT molecular complexity index is 764. The molecule has 138 valence electrons. The number of aliphatic imine (C=N–C) groups is 1. The zero-order valence-electron chi connectivity index (χ0n) is 14.3. The van der Waals surface area contributed by atoms with E-state index in [1.165, 1.54) is 18.4 Å². The predicted molar refractivity (Wildman–Crippen MR) is 102 cm³/mol. The summed E-state index contributed by atoms with van der Waals surface area (Å²) in [4.78, 5) is 43.9. The molecule has 1 fully saturated rings. The van der Waals surface area contributed by atoms with Crippen LogP contribution >= 0.6 is 23.2 Å². The minimum absolute atomic E-state index is 0.0274. The molecule has 0 N–H and O–H groups in total. The van der Waals surface area contributed by atoms with E-state index in [1.54, 1.807) is 12.1 Å².